The Morgan fingerprint density at radius 1 is 0.488 bits per heavy atom. The van der Waals surface area contributed by atoms with E-state index in [9.17, 15) is 0 Å². The van der Waals surface area contributed by atoms with Crippen molar-refractivity contribution < 1.29 is 16.8 Å². The Balaban J connectivity index is 1.38. The van der Waals surface area contributed by atoms with Crippen LogP contribution < -0.4 is 0 Å². The van der Waals surface area contributed by atoms with Gasteiger partial charge in [-0.05, 0) is 90.1 Å². The highest BCUT2D eigenvalue weighted by atomic mass is 16.3. The molecule has 0 spiro atoms. The second-order valence-corrected chi connectivity index (χ2v) is 10.2. The van der Waals surface area contributed by atoms with Crippen LogP contribution in [-0.2, 0) is 0 Å². The Bertz CT molecular complexity index is 2900. The van der Waals surface area contributed by atoms with E-state index in [0.29, 0.717) is 5.56 Å². The standard InChI is InChI=1S/C40H24O/c1-4-12-32-26(9-1)21-27-10-2-5-13-33(27)38(32)30-20-18-25-17-19-29(22-31(25)23-30)36-24-28-11-3-6-14-34(28)39-35-15-7-8-16-37(35)41-40(36)39/h1-24H/i1D,2D,4D,5D,9D,10D,12D,13D,21D. The van der Waals surface area contributed by atoms with E-state index in [-0.39, 0.29) is 45.2 Å². The van der Waals surface area contributed by atoms with Crippen molar-refractivity contribution in [1.82, 2.24) is 0 Å². The molecule has 0 amide bonds. The third-order valence-corrected chi connectivity index (χ3v) is 7.93. The Hall–Kier alpha value is -5.40. The van der Waals surface area contributed by atoms with E-state index in [0.717, 1.165) is 54.6 Å². The summed E-state index contributed by atoms with van der Waals surface area (Å²) in [5.41, 5.74) is 4.06. The zero-order valence-electron chi connectivity index (χ0n) is 30.6. The Kier molecular flexibility index (Phi) is 3.21. The molecule has 9 rings (SSSR count). The normalized spacial score (nSPS) is 15.0. The van der Waals surface area contributed by atoms with Gasteiger partial charge in [0.25, 0.3) is 0 Å². The maximum Gasteiger partial charge on any atom is 0.143 e. The first-order valence-corrected chi connectivity index (χ1v) is 13.4. The molecule has 0 N–H and O–H groups in total. The minimum Gasteiger partial charge on any atom is -0.455 e. The number of fused-ring (bicyclic) bond motifs is 8. The molecule has 0 aliphatic carbocycles. The molecule has 1 nitrogen and oxygen atoms in total. The van der Waals surface area contributed by atoms with Crippen LogP contribution in [-0.4, -0.2) is 0 Å². The minimum absolute atomic E-state index is 0.0348. The average molecular weight is 530 g/mol. The molecule has 9 aromatic rings. The maximum absolute atomic E-state index is 9.01. The maximum atomic E-state index is 9.01. The monoisotopic (exact) mass is 529 g/mol. The molecule has 190 valence electrons. The van der Waals surface area contributed by atoms with Gasteiger partial charge in [0, 0.05) is 16.3 Å². The summed E-state index contributed by atoms with van der Waals surface area (Å²) in [5, 5.41) is 5.77. The molecule has 1 heteroatoms. The second kappa shape index (κ2) is 8.55. The Morgan fingerprint density at radius 2 is 1.15 bits per heavy atom. The summed E-state index contributed by atoms with van der Waals surface area (Å²) in [6.07, 6.45) is 0. The molecular formula is C40H24O. The summed E-state index contributed by atoms with van der Waals surface area (Å²) in [6.45, 7) is 0. The minimum atomic E-state index is -0.516. The lowest BCUT2D eigenvalue weighted by atomic mass is 9.90. The Morgan fingerprint density at radius 3 is 1.95 bits per heavy atom. The van der Waals surface area contributed by atoms with Gasteiger partial charge in [0.15, 0.2) is 0 Å². The number of hydrogen-bond acceptors (Lipinski definition) is 1. The van der Waals surface area contributed by atoms with Gasteiger partial charge in [0.2, 0.25) is 0 Å². The summed E-state index contributed by atoms with van der Waals surface area (Å²) in [6, 6.07) is 25.9. The fourth-order valence-electron chi connectivity index (χ4n) is 6.08. The highest BCUT2D eigenvalue weighted by Gasteiger charge is 2.17. The number of hydrogen-bond donors (Lipinski definition) is 0. The van der Waals surface area contributed by atoms with Crippen LogP contribution >= 0.6 is 0 Å². The predicted molar refractivity (Wildman–Crippen MR) is 175 cm³/mol. The summed E-state index contributed by atoms with van der Waals surface area (Å²) in [4.78, 5) is 0. The van der Waals surface area contributed by atoms with Crippen LogP contribution in [0.25, 0.3) is 87.3 Å². The van der Waals surface area contributed by atoms with Crippen molar-refractivity contribution in [1.29, 1.82) is 0 Å². The summed E-state index contributed by atoms with van der Waals surface area (Å²) in [7, 11) is 0. The van der Waals surface area contributed by atoms with Crippen molar-refractivity contribution in [2.24, 2.45) is 0 Å². The van der Waals surface area contributed by atoms with Crippen molar-refractivity contribution >= 4 is 65.0 Å². The van der Waals surface area contributed by atoms with Gasteiger partial charge in [0.1, 0.15) is 11.2 Å². The van der Waals surface area contributed by atoms with E-state index in [1.165, 1.54) is 0 Å². The smallest absolute Gasteiger partial charge is 0.143 e. The number of benzene rings is 8. The summed E-state index contributed by atoms with van der Waals surface area (Å²) < 4.78 is 84.5. The van der Waals surface area contributed by atoms with E-state index < -0.39 is 36.3 Å². The highest BCUT2D eigenvalue weighted by molar-refractivity contribution is 6.22. The zero-order valence-corrected chi connectivity index (χ0v) is 21.6. The van der Waals surface area contributed by atoms with E-state index in [4.69, 9.17) is 16.8 Å². The predicted octanol–water partition coefficient (Wildman–Crippen LogP) is 11.5. The van der Waals surface area contributed by atoms with Gasteiger partial charge in [0.05, 0.1) is 12.3 Å². The zero-order chi connectivity index (χ0) is 34.7. The second-order valence-electron chi connectivity index (χ2n) is 10.2. The van der Waals surface area contributed by atoms with Gasteiger partial charge < -0.3 is 4.42 Å². The van der Waals surface area contributed by atoms with Gasteiger partial charge in [-0.2, -0.15) is 0 Å². The van der Waals surface area contributed by atoms with Crippen LogP contribution in [0, 0.1) is 0 Å². The van der Waals surface area contributed by atoms with Crippen LogP contribution in [0.3, 0.4) is 0 Å². The molecule has 0 unspecified atom stereocenters. The molecule has 0 bridgehead atoms. The van der Waals surface area contributed by atoms with Gasteiger partial charge >= 0.3 is 0 Å². The molecule has 0 radical (unpaired) electrons. The van der Waals surface area contributed by atoms with Crippen molar-refractivity contribution in [3.63, 3.8) is 0 Å². The first-order chi connectivity index (χ1) is 24.1. The summed E-state index contributed by atoms with van der Waals surface area (Å²) >= 11 is 0. The molecular weight excluding hydrogens is 496 g/mol. The molecule has 0 saturated heterocycles. The van der Waals surface area contributed by atoms with Crippen LogP contribution in [0.4, 0.5) is 0 Å². The van der Waals surface area contributed by atoms with Crippen molar-refractivity contribution in [3.05, 3.63) is 145 Å². The third kappa shape index (κ3) is 3.36. The lowest BCUT2D eigenvalue weighted by molar-refractivity contribution is 0.670. The molecule has 1 heterocycles. The average Bonchev–Trinajstić information content (AvgIpc) is 3.53. The molecule has 0 aliphatic heterocycles. The largest absolute Gasteiger partial charge is 0.455 e. The lowest BCUT2D eigenvalue weighted by Gasteiger charge is -2.13. The fraction of sp³-hybridized carbons (Fsp3) is 0. The molecule has 0 aliphatic rings. The quantitative estimate of drug-likeness (QED) is 0.203. The van der Waals surface area contributed by atoms with Crippen molar-refractivity contribution in [2.45, 2.75) is 0 Å². The van der Waals surface area contributed by atoms with E-state index in [1.54, 1.807) is 6.07 Å². The van der Waals surface area contributed by atoms with E-state index in [2.05, 4.69) is 24.3 Å². The number of rotatable bonds is 2. The molecule has 0 fully saturated rings. The SMILES string of the molecule is [2H]c1c([2H])c([2H])c2c(-c3ccc4ccc(-c5cc6ccccc6c6c5oc5ccccc56)cc4c3)c3c([2H])c([2H])c([2H])c([2H])c3c([2H])c2c1[2H]. The van der Waals surface area contributed by atoms with Gasteiger partial charge in [-0.3, -0.25) is 0 Å². The molecule has 0 atom stereocenters. The molecule has 1 aromatic heterocycles. The van der Waals surface area contributed by atoms with Crippen molar-refractivity contribution in [2.75, 3.05) is 0 Å². The van der Waals surface area contributed by atoms with Gasteiger partial charge in [-0.25, -0.2) is 0 Å². The Labute approximate surface area is 249 Å². The van der Waals surface area contributed by atoms with Crippen molar-refractivity contribution in [3.8, 4) is 22.3 Å². The van der Waals surface area contributed by atoms with Gasteiger partial charge in [-0.15, -0.1) is 0 Å². The first kappa shape index (κ1) is 15.4. The fourth-order valence-corrected chi connectivity index (χ4v) is 6.08. The molecule has 0 saturated carbocycles. The topological polar surface area (TPSA) is 13.1 Å². The van der Waals surface area contributed by atoms with E-state index in [1.807, 2.05) is 60.7 Å². The first-order valence-electron chi connectivity index (χ1n) is 17.9. The number of furan rings is 1. The van der Waals surface area contributed by atoms with E-state index >= 15 is 0 Å². The number of para-hydroxylation sites is 1. The lowest BCUT2D eigenvalue weighted by Crippen LogP contribution is -1.87. The van der Waals surface area contributed by atoms with Gasteiger partial charge in [-0.1, -0.05) is 115 Å². The third-order valence-electron chi connectivity index (χ3n) is 7.93. The molecule has 8 aromatic carbocycles. The van der Waals surface area contributed by atoms with Crippen LogP contribution in [0.1, 0.15) is 12.3 Å². The van der Waals surface area contributed by atoms with Crippen LogP contribution in [0.2, 0.25) is 0 Å². The highest BCUT2D eigenvalue weighted by Crippen LogP contribution is 2.42. The molecule has 41 heavy (non-hydrogen) atoms. The summed E-state index contributed by atoms with van der Waals surface area (Å²) in [5.74, 6) is 0. The van der Waals surface area contributed by atoms with Crippen LogP contribution in [0.5, 0.6) is 0 Å². The van der Waals surface area contributed by atoms with Crippen LogP contribution in [0.15, 0.2) is 150 Å².